The summed E-state index contributed by atoms with van der Waals surface area (Å²) >= 11 is 0. The van der Waals surface area contributed by atoms with Crippen molar-refractivity contribution in [1.82, 2.24) is 9.47 Å². The maximum atomic E-state index is 12.9. The van der Waals surface area contributed by atoms with E-state index in [1.807, 2.05) is 31.2 Å². The van der Waals surface area contributed by atoms with E-state index in [0.29, 0.717) is 18.0 Å². The van der Waals surface area contributed by atoms with Crippen molar-refractivity contribution in [2.75, 3.05) is 20.3 Å². The van der Waals surface area contributed by atoms with E-state index in [1.165, 1.54) is 20.0 Å². The van der Waals surface area contributed by atoms with Gasteiger partial charge in [0.15, 0.2) is 0 Å². The van der Waals surface area contributed by atoms with Gasteiger partial charge in [0.2, 0.25) is 0 Å². The second-order valence-electron chi connectivity index (χ2n) is 7.68. The summed E-state index contributed by atoms with van der Waals surface area (Å²) in [4.78, 5) is 27.8. The molecule has 1 saturated heterocycles. The zero-order valence-corrected chi connectivity index (χ0v) is 15.3. The van der Waals surface area contributed by atoms with Crippen LogP contribution in [0.3, 0.4) is 0 Å². The maximum Gasteiger partial charge on any atom is 0.311 e. The van der Waals surface area contributed by atoms with Crippen LogP contribution in [0.2, 0.25) is 0 Å². The number of aliphatic hydroxyl groups is 1. The Morgan fingerprint density at radius 3 is 2.77 bits per heavy atom. The highest BCUT2D eigenvalue weighted by Crippen LogP contribution is 2.50. The summed E-state index contributed by atoms with van der Waals surface area (Å²) in [5.41, 5.74) is 1.50. The molecule has 1 saturated carbocycles. The molecular weight excluding hydrogens is 332 g/mol. The first-order valence-corrected chi connectivity index (χ1v) is 9.41. The number of allylic oxidation sites excluding steroid dienone is 1. The molecule has 140 valence electrons. The lowest BCUT2D eigenvalue weighted by molar-refractivity contribution is -0.148. The van der Waals surface area contributed by atoms with E-state index in [-0.39, 0.29) is 36.1 Å². The predicted octanol–water partition coefficient (Wildman–Crippen LogP) is 1.43. The zero-order chi connectivity index (χ0) is 18.4. The van der Waals surface area contributed by atoms with Crippen molar-refractivity contribution in [2.24, 2.45) is 17.8 Å². The Balaban J connectivity index is 1.83. The van der Waals surface area contributed by atoms with Crippen LogP contribution < -0.4 is 5.56 Å². The number of hydrogen-bond acceptors (Lipinski definition) is 5. The molecule has 1 N–H and O–H groups in total. The first-order valence-electron chi connectivity index (χ1n) is 9.41. The Labute approximate surface area is 153 Å². The third-order valence-corrected chi connectivity index (χ3v) is 6.19. The number of carbonyl (C=O) groups is 1. The number of fused-ring (bicyclic) bond motifs is 4. The van der Waals surface area contributed by atoms with Crippen molar-refractivity contribution in [3.8, 4) is 0 Å². The van der Waals surface area contributed by atoms with Crippen molar-refractivity contribution in [3.63, 3.8) is 0 Å². The average molecular weight is 358 g/mol. The molecule has 2 fully saturated rings. The number of methoxy groups -OCH3 is 1. The van der Waals surface area contributed by atoms with Crippen LogP contribution in [0.25, 0.3) is 6.08 Å². The second-order valence-corrected chi connectivity index (χ2v) is 7.68. The number of nitrogens with zero attached hydrogens (tertiary/aromatic N) is 2. The standard InChI is InChI=1S/C20H26N2O4/c1-3-4-13-7-8-15-18-17(20(25)26-2)14(11-23)16(10-22(15)19(13)24)21(18)9-12-5-6-12/h3-4,7-8,12,14,16-18,23H,5-6,9-11H2,1-2H3/b4-3+/t14-,16-,17+,18+/m1/s1. The summed E-state index contributed by atoms with van der Waals surface area (Å²) in [6.45, 7) is 3.25. The Morgan fingerprint density at radius 2 is 2.15 bits per heavy atom. The van der Waals surface area contributed by atoms with Crippen molar-refractivity contribution in [1.29, 1.82) is 0 Å². The molecule has 3 aliphatic rings. The normalized spacial score (nSPS) is 30.6. The number of ether oxygens (including phenoxy) is 1. The van der Waals surface area contributed by atoms with E-state index >= 15 is 0 Å². The summed E-state index contributed by atoms with van der Waals surface area (Å²) in [7, 11) is 1.40. The van der Waals surface area contributed by atoms with Gasteiger partial charge in [0.1, 0.15) is 0 Å². The molecule has 0 aromatic carbocycles. The second kappa shape index (κ2) is 6.67. The van der Waals surface area contributed by atoms with E-state index in [9.17, 15) is 14.7 Å². The van der Waals surface area contributed by atoms with Gasteiger partial charge in [-0.25, -0.2) is 0 Å². The lowest BCUT2D eigenvalue weighted by Gasteiger charge is -2.38. The van der Waals surface area contributed by atoms with E-state index in [4.69, 9.17) is 4.74 Å². The summed E-state index contributed by atoms with van der Waals surface area (Å²) in [5.74, 6) is -0.280. The highest BCUT2D eigenvalue weighted by atomic mass is 16.5. The number of aromatic nitrogens is 1. The Bertz CT molecular complexity index is 795. The minimum Gasteiger partial charge on any atom is -0.469 e. The molecule has 0 radical (unpaired) electrons. The van der Waals surface area contributed by atoms with Crippen LogP contribution in [0.1, 0.15) is 37.1 Å². The minimum atomic E-state index is -0.436. The molecule has 4 atom stereocenters. The molecular formula is C20H26N2O4. The number of pyridine rings is 1. The average Bonchev–Trinajstić information content (AvgIpc) is 3.42. The van der Waals surface area contributed by atoms with Crippen LogP contribution in [0, 0.1) is 17.8 Å². The molecule has 26 heavy (non-hydrogen) atoms. The van der Waals surface area contributed by atoms with E-state index in [1.54, 1.807) is 4.57 Å². The summed E-state index contributed by atoms with van der Waals surface area (Å²) in [5, 5.41) is 10.0. The van der Waals surface area contributed by atoms with Crippen molar-refractivity contribution >= 4 is 12.0 Å². The molecule has 0 amide bonds. The smallest absolute Gasteiger partial charge is 0.311 e. The van der Waals surface area contributed by atoms with Gasteiger partial charge in [-0.05, 0) is 37.8 Å². The van der Waals surface area contributed by atoms with Crippen LogP contribution in [-0.2, 0) is 16.1 Å². The lowest BCUT2D eigenvalue weighted by atomic mass is 9.87. The molecule has 0 spiro atoms. The zero-order valence-electron chi connectivity index (χ0n) is 15.3. The van der Waals surface area contributed by atoms with Crippen LogP contribution in [0.5, 0.6) is 0 Å². The maximum absolute atomic E-state index is 12.9. The number of aliphatic hydroxyl groups excluding tert-OH is 1. The molecule has 0 unspecified atom stereocenters. The third kappa shape index (κ3) is 2.63. The van der Waals surface area contributed by atoms with Crippen molar-refractivity contribution < 1.29 is 14.6 Å². The Hall–Kier alpha value is -1.92. The highest BCUT2D eigenvalue weighted by molar-refractivity contribution is 5.75. The number of rotatable bonds is 5. The van der Waals surface area contributed by atoms with Crippen LogP contribution >= 0.6 is 0 Å². The fourth-order valence-electron chi connectivity index (χ4n) is 4.80. The van der Waals surface area contributed by atoms with Gasteiger partial charge in [-0.3, -0.25) is 14.5 Å². The molecule has 1 aromatic rings. The molecule has 1 aromatic heterocycles. The van der Waals surface area contributed by atoms with Crippen LogP contribution in [0.4, 0.5) is 0 Å². The molecule has 1 aliphatic carbocycles. The van der Waals surface area contributed by atoms with Gasteiger partial charge in [0.05, 0.1) is 19.1 Å². The SMILES string of the molecule is C/C=C/c1ccc2n(c1=O)C[C@@H]1[C@@H](CO)[C@H](C(=O)OC)[C@H]2N1CC1CC1. The molecule has 3 heterocycles. The van der Waals surface area contributed by atoms with Crippen LogP contribution in [0.15, 0.2) is 23.0 Å². The summed E-state index contributed by atoms with van der Waals surface area (Å²) < 4.78 is 6.88. The number of carbonyl (C=O) groups excluding carboxylic acids is 1. The topological polar surface area (TPSA) is 71.8 Å². The van der Waals surface area contributed by atoms with Gasteiger partial charge < -0.3 is 14.4 Å². The van der Waals surface area contributed by atoms with Gasteiger partial charge in [0, 0.05) is 42.9 Å². The quantitative estimate of drug-likeness (QED) is 0.806. The molecule has 6 heteroatoms. The summed E-state index contributed by atoms with van der Waals surface area (Å²) in [6.07, 6.45) is 6.11. The fourth-order valence-corrected chi connectivity index (χ4v) is 4.80. The molecule has 2 bridgehead atoms. The van der Waals surface area contributed by atoms with Gasteiger partial charge in [-0.1, -0.05) is 12.2 Å². The monoisotopic (exact) mass is 358 g/mol. The van der Waals surface area contributed by atoms with Crippen molar-refractivity contribution in [3.05, 3.63) is 39.8 Å². The first kappa shape index (κ1) is 17.5. The van der Waals surface area contributed by atoms with E-state index in [2.05, 4.69) is 4.90 Å². The van der Waals surface area contributed by atoms with Gasteiger partial charge in [-0.15, -0.1) is 0 Å². The van der Waals surface area contributed by atoms with Crippen molar-refractivity contribution in [2.45, 2.75) is 38.4 Å². The Kier molecular flexibility index (Phi) is 4.49. The Morgan fingerprint density at radius 1 is 1.38 bits per heavy atom. The van der Waals surface area contributed by atoms with Gasteiger partial charge >= 0.3 is 5.97 Å². The molecule has 4 rings (SSSR count). The number of hydrogen-bond donors (Lipinski definition) is 1. The third-order valence-electron chi connectivity index (χ3n) is 6.19. The first-order chi connectivity index (χ1) is 12.6. The van der Waals surface area contributed by atoms with Crippen LogP contribution in [-0.4, -0.2) is 46.8 Å². The van der Waals surface area contributed by atoms with Gasteiger partial charge in [-0.2, -0.15) is 0 Å². The number of esters is 1. The highest BCUT2D eigenvalue weighted by Gasteiger charge is 2.56. The summed E-state index contributed by atoms with van der Waals surface area (Å²) in [6, 6.07) is 3.59. The largest absolute Gasteiger partial charge is 0.469 e. The van der Waals surface area contributed by atoms with Gasteiger partial charge in [0.25, 0.3) is 5.56 Å². The molecule has 6 nitrogen and oxygen atoms in total. The minimum absolute atomic E-state index is 0.0132. The molecule has 2 aliphatic heterocycles. The van der Waals surface area contributed by atoms with E-state index in [0.717, 1.165) is 12.2 Å². The predicted molar refractivity (Wildman–Crippen MR) is 97.5 cm³/mol. The fraction of sp³-hybridized carbons (Fsp3) is 0.600. The lowest BCUT2D eigenvalue weighted by Crippen LogP contribution is -2.47. The van der Waals surface area contributed by atoms with E-state index < -0.39 is 5.92 Å².